The highest BCUT2D eigenvalue weighted by molar-refractivity contribution is 8.29. The Balaban J connectivity index is 3.62. The molecule has 0 aliphatic heterocycles. The van der Waals surface area contributed by atoms with Crippen LogP contribution >= 0.6 is 0 Å². The van der Waals surface area contributed by atoms with Crippen LogP contribution in [0.2, 0.25) is 0 Å². The van der Waals surface area contributed by atoms with Crippen LogP contribution in [0.5, 0.6) is 0 Å². The molecule has 1 N–H and O–H groups in total. The molecule has 0 spiro atoms. The van der Waals surface area contributed by atoms with E-state index in [1.54, 1.807) is 0 Å². The quantitative estimate of drug-likeness (QED) is 0.509. The van der Waals surface area contributed by atoms with Gasteiger partial charge in [0.2, 0.25) is 0 Å². The molecule has 12 heavy (non-hydrogen) atoms. The van der Waals surface area contributed by atoms with Gasteiger partial charge >= 0.3 is 0 Å². The van der Waals surface area contributed by atoms with Crippen molar-refractivity contribution in [3.8, 4) is 0 Å². The van der Waals surface area contributed by atoms with Crippen LogP contribution in [0.3, 0.4) is 0 Å². The fourth-order valence-corrected chi connectivity index (χ4v) is 2.04. The zero-order valence-electron chi connectivity index (χ0n) is 6.13. The summed E-state index contributed by atoms with van der Waals surface area (Å²) in [4.78, 5) is 0. The van der Waals surface area contributed by atoms with Crippen molar-refractivity contribution in [3.05, 3.63) is 0 Å². The summed E-state index contributed by atoms with van der Waals surface area (Å²) in [7, 11) is -7.41. The minimum atomic E-state index is -4.20. The van der Waals surface area contributed by atoms with Crippen LogP contribution in [0.25, 0.3) is 0 Å². The molecule has 0 fully saturated rings. The van der Waals surface area contributed by atoms with Gasteiger partial charge in [0.05, 0.1) is 10.1 Å². The van der Waals surface area contributed by atoms with Gasteiger partial charge < -0.3 is 9.11 Å². The average molecular weight is 233 g/mol. The van der Waals surface area contributed by atoms with Crippen molar-refractivity contribution >= 4 is 30.1 Å². The highest BCUT2D eigenvalue weighted by atomic mass is 32.8. The molecule has 0 heterocycles. The van der Waals surface area contributed by atoms with Gasteiger partial charge in [0.1, 0.15) is 8.77 Å². The van der Waals surface area contributed by atoms with Crippen LogP contribution in [0.15, 0.2) is 0 Å². The van der Waals surface area contributed by atoms with Gasteiger partial charge in [-0.05, 0) is 12.8 Å². The van der Waals surface area contributed by atoms with E-state index in [1.165, 1.54) is 0 Å². The Kier molecular flexibility index (Phi) is 4.56. The summed E-state index contributed by atoms with van der Waals surface area (Å²) >= 11 is 4.15. The van der Waals surface area contributed by atoms with Crippen LogP contribution in [0, 0.1) is 0 Å². The van der Waals surface area contributed by atoms with E-state index in [0.717, 1.165) is 0 Å². The first-order chi connectivity index (χ1) is 5.21. The van der Waals surface area contributed by atoms with E-state index in [4.69, 9.17) is 4.55 Å². The largest absolute Gasteiger partial charge is 0.748 e. The van der Waals surface area contributed by atoms with Gasteiger partial charge in [0.15, 0.2) is 0 Å². The van der Waals surface area contributed by atoms with E-state index < -0.39 is 24.6 Å². The van der Waals surface area contributed by atoms with Crippen molar-refractivity contribution in [1.82, 2.24) is 0 Å². The molecular formula is C4H9O5S3-. The van der Waals surface area contributed by atoms with E-state index in [0.29, 0.717) is 0 Å². The third-order valence-electron chi connectivity index (χ3n) is 1.05. The molecule has 0 rings (SSSR count). The second kappa shape index (κ2) is 4.47. The summed E-state index contributed by atoms with van der Waals surface area (Å²) in [5.74, 6) is -0.643. The maximum absolute atomic E-state index is 10.5. The smallest absolute Gasteiger partial charge is 0.141 e. The van der Waals surface area contributed by atoms with Gasteiger partial charge in [-0.2, -0.15) is 0 Å². The van der Waals surface area contributed by atoms with Gasteiger partial charge in [-0.25, -0.2) is 12.6 Å². The Morgan fingerprint density at radius 1 is 1.17 bits per heavy atom. The molecule has 0 aromatic carbocycles. The van der Waals surface area contributed by atoms with E-state index in [2.05, 4.69) is 11.2 Å². The first-order valence-electron chi connectivity index (χ1n) is 3.09. The van der Waals surface area contributed by atoms with Crippen molar-refractivity contribution in [2.45, 2.75) is 12.8 Å². The topological polar surface area (TPSA) is 94.5 Å². The molecule has 0 saturated carbocycles. The molecule has 5 nitrogen and oxygen atoms in total. The monoisotopic (exact) mass is 233 g/mol. The lowest BCUT2D eigenvalue weighted by Gasteiger charge is -2.05. The lowest BCUT2D eigenvalue weighted by Crippen LogP contribution is -2.07. The summed E-state index contributed by atoms with van der Waals surface area (Å²) in [5.41, 5.74) is 0. The summed E-state index contributed by atoms with van der Waals surface area (Å²) in [6, 6.07) is 0. The van der Waals surface area contributed by atoms with E-state index in [-0.39, 0.29) is 18.6 Å². The number of hydrogen-bond donors (Lipinski definition) is 1. The Morgan fingerprint density at radius 3 is 1.92 bits per heavy atom. The molecule has 0 aliphatic carbocycles. The SMILES string of the molecule is O=S(=O)([O-])CCCCS(=O)(O)=S. The van der Waals surface area contributed by atoms with E-state index >= 15 is 0 Å². The van der Waals surface area contributed by atoms with Crippen LogP contribution in [0.1, 0.15) is 12.8 Å². The van der Waals surface area contributed by atoms with Crippen LogP contribution < -0.4 is 0 Å². The maximum Gasteiger partial charge on any atom is 0.141 e. The fourth-order valence-electron chi connectivity index (χ4n) is 0.563. The predicted octanol–water partition coefficient (Wildman–Crippen LogP) is -0.469. The molecule has 1 unspecified atom stereocenters. The van der Waals surface area contributed by atoms with Gasteiger partial charge in [-0.3, -0.25) is 0 Å². The van der Waals surface area contributed by atoms with Crippen molar-refractivity contribution < 1.29 is 21.7 Å². The van der Waals surface area contributed by atoms with Crippen LogP contribution in [0.4, 0.5) is 0 Å². The molecule has 0 radical (unpaired) electrons. The Morgan fingerprint density at radius 2 is 1.58 bits per heavy atom. The molecule has 8 heteroatoms. The van der Waals surface area contributed by atoms with Gasteiger partial charge in [-0.1, -0.05) is 0 Å². The first kappa shape index (κ1) is 12.2. The Bertz CT molecular complexity index is 279. The van der Waals surface area contributed by atoms with Crippen molar-refractivity contribution in [2.75, 3.05) is 11.5 Å². The third kappa shape index (κ3) is 10.2. The minimum absolute atomic E-state index is 0.0834. The molecule has 1 atom stereocenters. The van der Waals surface area contributed by atoms with Crippen LogP contribution in [-0.4, -0.2) is 33.2 Å². The lowest BCUT2D eigenvalue weighted by molar-refractivity contribution is 0.460. The molecule has 74 valence electrons. The zero-order chi connectivity index (χ0) is 9.83. The maximum atomic E-state index is 10.5. The Hall–Kier alpha value is 0.240. The average Bonchev–Trinajstić information content (AvgIpc) is 1.76. The van der Waals surface area contributed by atoms with Crippen molar-refractivity contribution in [2.24, 2.45) is 0 Å². The third-order valence-corrected chi connectivity index (χ3v) is 3.14. The molecule has 0 bridgehead atoms. The summed E-state index contributed by atoms with van der Waals surface area (Å²) in [6.45, 7) is 0. The Labute approximate surface area is 76.4 Å². The highest BCUT2D eigenvalue weighted by Gasteiger charge is 2.01. The first-order valence-corrected chi connectivity index (χ1v) is 7.28. The van der Waals surface area contributed by atoms with Crippen LogP contribution in [-0.2, 0) is 30.1 Å². The van der Waals surface area contributed by atoms with Gasteiger partial charge in [-0.15, -0.1) is 0 Å². The molecule has 0 aliphatic rings. The molecule has 0 saturated heterocycles. The molecule has 0 aromatic rings. The normalized spacial score (nSPS) is 17.2. The van der Waals surface area contributed by atoms with Gasteiger partial charge in [0.25, 0.3) is 0 Å². The standard InChI is InChI=1S/C4H10O5S3/c5-11(6,7)3-1-2-4-12(8,9)10/h1-4H2,(H,5,6,7)(H,8,9,10)/p-1. The van der Waals surface area contributed by atoms with Gasteiger partial charge in [0, 0.05) is 22.7 Å². The van der Waals surface area contributed by atoms with Crippen molar-refractivity contribution in [3.63, 3.8) is 0 Å². The molecule has 0 amide bonds. The second-order valence-electron chi connectivity index (χ2n) is 2.25. The van der Waals surface area contributed by atoms with E-state index in [9.17, 15) is 17.2 Å². The van der Waals surface area contributed by atoms with Crippen molar-refractivity contribution in [1.29, 1.82) is 0 Å². The number of rotatable bonds is 5. The minimum Gasteiger partial charge on any atom is -0.748 e. The van der Waals surface area contributed by atoms with E-state index in [1.807, 2.05) is 0 Å². The zero-order valence-corrected chi connectivity index (χ0v) is 8.58. The lowest BCUT2D eigenvalue weighted by atomic mass is 10.4. The summed E-state index contributed by atoms with van der Waals surface area (Å²) < 4.78 is 49.1. The highest BCUT2D eigenvalue weighted by Crippen LogP contribution is 1.97. The predicted molar refractivity (Wildman–Crippen MR) is 46.8 cm³/mol. The second-order valence-corrected chi connectivity index (χ2v) is 6.91. The summed E-state index contributed by atoms with van der Waals surface area (Å²) in [5, 5.41) is 0. The number of hydrogen-bond acceptors (Lipinski definition) is 5. The molecular weight excluding hydrogens is 224 g/mol. The molecule has 0 aromatic heterocycles. The number of unbranched alkanes of at least 4 members (excludes halogenated alkanes) is 1. The summed E-state index contributed by atoms with van der Waals surface area (Å²) in [6.07, 6.45) is 0.264. The fraction of sp³-hybridized carbons (Fsp3) is 1.00.